The first-order valence-electron chi connectivity index (χ1n) is 7.24. The van der Waals surface area contributed by atoms with Gasteiger partial charge in [-0.15, -0.1) is 0 Å². The lowest BCUT2D eigenvalue weighted by Crippen LogP contribution is -2.37. The van der Waals surface area contributed by atoms with Crippen molar-refractivity contribution < 1.29 is 9.53 Å². The van der Waals surface area contributed by atoms with Gasteiger partial charge in [-0.3, -0.25) is 4.79 Å². The lowest BCUT2D eigenvalue weighted by Gasteiger charge is -2.17. The van der Waals surface area contributed by atoms with E-state index >= 15 is 0 Å². The molecule has 2 rings (SSSR count). The number of ether oxygens (including phenoxy) is 1. The maximum Gasteiger partial charge on any atom is 0.261 e. The van der Waals surface area contributed by atoms with Crippen LogP contribution in [0.25, 0.3) is 0 Å². The van der Waals surface area contributed by atoms with Crippen LogP contribution in [0.4, 0.5) is 0 Å². The summed E-state index contributed by atoms with van der Waals surface area (Å²) >= 11 is 0. The fraction of sp³-hybridized carbons (Fsp3) is 0.278. The molecule has 0 aliphatic rings. The zero-order valence-electron chi connectivity index (χ0n) is 12.5. The van der Waals surface area contributed by atoms with Crippen molar-refractivity contribution in [1.29, 1.82) is 0 Å². The van der Waals surface area contributed by atoms with Crippen molar-refractivity contribution in [1.82, 2.24) is 5.32 Å². The summed E-state index contributed by atoms with van der Waals surface area (Å²) in [7, 11) is 0. The number of para-hydroxylation sites is 1. The van der Waals surface area contributed by atoms with Crippen molar-refractivity contribution in [2.45, 2.75) is 32.9 Å². The summed E-state index contributed by atoms with van der Waals surface area (Å²) < 4.78 is 5.73. The molecule has 0 aliphatic carbocycles. The average Bonchev–Trinajstić information content (AvgIpc) is 2.52. The third-order valence-corrected chi connectivity index (χ3v) is 3.40. The first kappa shape index (κ1) is 15.1. The standard InChI is InChI=1S/C18H21NO2/c1-3-17(21-16-11-5-4-6-12-16)18(20)19-13-15-10-8-7-9-14(15)2/h4-12,17H,3,13H2,1-2H3,(H,19,20)/t17-/m1/s1. The lowest BCUT2D eigenvalue weighted by molar-refractivity contribution is -0.128. The van der Waals surface area contributed by atoms with E-state index < -0.39 is 6.10 Å². The van der Waals surface area contributed by atoms with Crippen molar-refractivity contribution in [3.05, 3.63) is 65.7 Å². The second-order valence-electron chi connectivity index (χ2n) is 4.97. The van der Waals surface area contributed by atoms with Gasteiger partial charge in [0.25, 0.3) is 5.91 Å². The molecule has 0 spiro atoms. The van der Waals surface area contributed by atoms with E-state index in [1.165, 1.54) is 5.56 Å². The number of rotatable bonds is 6. The molecule has 1 N–H and O–H groups in total. The Morgan fingerprint density at radius 1 is 1.10 bits per heavy atom. The van der Waals surface area contributed by atoms with Crippen LogP contribution in [-0.2, 0) is 11.3 Å². The molecule has 0 saturated heterocycles. The Bertz CT molecular complexity index is 581. The molecule has 21 heavy (non-hydrogen) atoms. The van der Waals surface area contributed by atoms with Crippen LogP contribution in [0.5, 0.6) is 5.75 Å². The molecule has 0 fully saturated rings. The smallest absolute Gasteiger partial charge is 0.261 e. The number of carbonyl (C=O) groups is 1. The van der Waals surface area contributed by atoms with Gasteiger partial charge < -0.3 is 10.1 Å². The van der Waals surface area contributed by atoms with E-state index in [-0.39, 0.29) is 5.91 Å². The molecule has 0 saturated carbocycles. The minimum Gasteiger partial charge on any atom is -0.481 e. The predicted octanol–water partition coefficient (Wildman–Crippen LogP) is 3.47. The molecule has 1 amide bonds. The highest BCUT2D eigenvalue weighted by molar-refractivity contribution is 5.81. The Hall–Kier alpha value is -2.29. The number of carbonyl (C=O) groups excluding carboxylic acids is 1. The summed E-state index contributed by atoms with van der Waals surface area (Å²) in [6, 6.07) is 17.5. The van der Waals surface area contributed by atoms with Crippen LogP contribution in [0.3, 0.4) is 0 Å². The third-order valence-electron chi connectivity index (χ3n) is 3.40. The first-order chi connectivity index (χ1) is 10.2. The third kappa shape index (κ3) is 4.35. The normalized spacial score (nSPS) is 11.7. The molecule has 1 atom stereocenters. The lowest BCUT2D eigenvalue weighted by atomic mass is 10.1. The SMILES string of the molecule is CC[C@@H](Oc1ccccc1)C(=O)NCc1ccccc1C. The Balaban J connectivity index is 1.93. The highest BCUT2D eigenvalue weighted by Gasteiger charge is 2.17. The fourth-order valence-electron chi connectivity index (χ4n) is 2.09. The van der Waals surface area contributed by atoms with Crippen LogP contribution < -0.4 is 10.1 Å². The molecule has 0 aliphatic heterocycles. The zero-order valence-corrected chi connectivity index (χ0v) is 12.5. The summed E-state index contributed by atoms with van der Waals surface area (Å²) in [4.78, 5) is 12.2. The van der Waals surface area contributed by atoms with Crippen LogP contribution in [0.2, 0.25) is 0 Å². The van der Waals surface area contributed by atoms with Gasteiger partial charge in [-0.25, -0.2) is 0 Å². The summed E-state index contributed by atoms with van der Waals surface area (Å²) in [5.41, 5.74) is 2.30. The summed E-state index contributed by atoms with van der Waals surface area (Å²) in [6.45, 7) is 4.51. The highest BCUT2D eigenvalue weighted by atomic mass is 16.5. The number of nitrogens with one attached hydrogen (secondary N) is 1. The summed E-state index contributed by atoms with van der Waals surface area (Å²) in [6.07, 6.45) is 0.172. The van der Waals surface area contributed by atoms with E-state index in [1.54, 1.807) is 0 Å². The maximum atomic E-state index is 12.2. The van der Waals surface area contributed by atoms with Crippen LogP contribution in [0.15, 0.2) is 54.6 Å². The minimum absolute atomic E-state index is 0.0791. The number of amides is 1. The van der Waals surface area contributed by atoms with Crippen LogP contribution >= 0.6 is 0 Å². The van der Waals surface area contributed by atoms with E-state index in [4.69, 9.17) is 4.74 Å². The van der Waals surface area contributed by atoms with Crippen molar-refractivity contribution in [2.75, 3.05) is 0 Å². The van der Waals surface area contributed by atoms with E-state index in [2.05, 4.69) is 5.32 Å². The quantitative estimate of drug-likeness (QED) is 0.881. The maximum absolute atomic E-state index is 12.2. The Morgan fingerprint density at radius 3 is 2.43 bits per heavy atom. The zero-order chi connectivity index (χ0) is 15.1. The Kier molecular flexibility index (Phi) is 5.38. The van der Waals surface area contributed by atoms with Crippen molar-refractivity contribution in [3.63, 3.8) is 0 Å². The first-order valence-corrected chi connectivity index (χ1v) is 7.24. The monoisotopic (exact) mass is 283 g/mol. The number of aryl methyl sites for hydroxylation is 1. The van der Waals surface area contributed by atoms with E-state index in [0.29, 0.717) is 13.0 Å². The molecular weight excluding hydrogens is 262 g/mol. The molecule has 0 radical (unpaired) electrons. The molecule has 3 heteroatoms. The second-order valence-corrected chi connectivity index (χ2v) is 4.97. The van der Waals surface area contributed by atoms with Crippen LogP contribution in [-0.4, -0.2) is 12.0 Å². The van der Waals surface area contributed by atoms with Crippen molar-refractivity contribution in [3.8, 4) is 5.75 Å². The number of benzene rings is 2. The van der Waals surface area contributed by atoms with E-state index in [0.717, 1.165) is 11.3 Å². The van der Waals surface area contributed by atoms with Gasteiger partial charge >= 0.3 is 0 Å². The van der Waals surface area contributed by atoms with Crippen LogP contribution in [0.1, 0.15) is 24.5 Å². The molecule has 0 aromatic heterocycles. The number of hydrogen-bond acceptors (Lipinski definition) is 2. The summed E-state index contributed by atoms with van der Waals surface area (Å²) in [5.74, 6) is 0.639. The molecule has 3 nitrogen and oxygen atoms in total. The topological polar surface area (TPSA) is 38.3 Å². The van der Waals surface area contributed by atoms with Gasteiger partial charge in [-0.2, -0.15) is 0 Å². The van der Waals surface area contributed by atoms with Gasteiger partial charge in [-0.1, -0.05) is 49.4 Å². The highest BCUT2D eigenvalue weighted by Crippen LogP contribution is 2.13. The van der Waals surface area contributed by atoms with Gasteiger partial charge in [0, 0.05) is 6.54 Å². The van der Waals surface area contributed by atoms with Crippen molar-refractivity contribution in [2.24, 2.45) is 0 Å². The molecular formula is C18H21NO2. The Labute approximate surface area is 126 Å². The Morgan fingerprint density at radius 2 is 1.76 bits per heavy atom. The van der Waals surface area contributed by atoms with Gasteiger partial charge in [0.2, 0.25) is 0 Å². The van der Waals surface area contributed by atoms with Gasteiger partial charge in [0.1, 0.15) is 5.75 Å². The predicted molar refractivity (Wildman–Crippen MR) is 84.2 cm³/mol. The molecule has 0 unspecified atom stereocenters. The minimum atomic E-state index is -0.462. The van der Waals surface area contributed by atoms with Crippen LogP contribution in [0, 0.1) is 6.92 Å². The average molecular weight is 283 g/mol. The van der Waals surface area contributed by atoms with Gasteiger partial charge in [0.05, 0.1) is 0 Å². The fourth-order valence-corrected chi connectivity index (χ4v) is 2.09. The van der Waals surface area contributed by atoms with E-state index in [9.17, 15) is 4.79 Å². The number of hydrogen-bond donors (Lipinski definition) is 1. The van der Waals surface area contributed by atoms with E-state index in [1.807, 2.05) is 68.4 Å². The van der Waals surface area contributed by atoms with Gasteiger partial charge in [0.15, 0.2) is 6.10 Å². The molecule has 2 aromatic carbocycles. The van der Waals surface area contributed by atoms with Gasteiger partial charge in [-0.05, 0) is 36.6 Å². The molecule has 0 bridgehead atoms. The molecule has 110 valence electrons. The largest absolute Gasteiger partial charge is 0.481 e. The van der Waals surface area contributed by atoms with Crippen molar-refractivity contribution >= 4 is 5.91 Å². The summed E-state index contributed by atoms with van der Waals surface area (Å²) in [5, 5.41) is 2.95. The second kappa shape index (κ2) is 7.48. The molecule has 2 aromatic rings. The molecule has 0 heterocycles.